The van der Waals surface area contributed by atoms with Gasteiger partial charge in [0.25, 0.3) is 6.73 Å². The summed E-state index contributed by atoms with van der Waals surface area (Å²) >= 11 is 0. The van der Waals surface area contributed by atoms with Crippen molar-refractivity contribution in [2.45, 2.75) is 6.73 Å². The van der Waals surface area contributed by atoms with E-state index in [1.54, 1.807) is 7.11 Å². The van der Waals surface area contributed by atoms with E-state index in [1.807, 2.05) is 35.2 Å². The van der Waals surface area contributed by atoms with Crippen molar-refractivity contribution < 1.29 is 21.7 Å². The van der Waals surface area contributed by atoms with E-state index in [4.69, 9.17) is 4.74 Å². The van der Waals surface area contributed by atoms with Crippen LogP contribution in [0.4, 0.5) is 0 Å². The van der Waals surface area contributed by atoms with Gasteiger partial charge in [-0.15, -0.1) is 0 Å². The fourth-order valence-electron chi connectivity index (χ4n) is 0.669. The van der Waals surface area contributed by atoms with Crippen molar-refractivity contribution in [1.29, 1.82) is 0 Å². The zero-order chi connectivity index (χ0) is 6.53. The molecule has 0 bridgehead atoms. The molecule has 2 nitrogen and oxygen atoms in total. The van der Waals surface area contributed by atoms with Gasteiger partial charge in [0.15, 0.2) is 12.4 Å². The maximum absolute atomic E-state index is 4.89. The molecule has 0 saturated heterocycles. The Hall–Kier alpha value is -0.600. The third-order valence-electron chi connectivity index (χ3n) is 1.06. The Labute approximate surface area is 66.9 Å². The normalized spacial score (nSPS) is 8.50. The van der Waals surface area contributed by atoms with Crippen molar-refractivity contribution in [1.82, 2.24) is 0 Å². The van der Waals surface area contributed by atoms with Gasteiger partial charge in [-0.1, -0.05) is 6.07 Å². The summed E-state index contributed by atoms with van der Waals surface area (Å²) in [5.41, 5.74) is 0. The molecule has 10 heavy (non-hydrogen) atoms. The van der Waals surface area contributed by atoms with Gasteiger partial charge in [0.05, 0.1) is 0 Å². The second-order valence-corrected chi connectivity index (χ2v) is 1.81. The van der Waals surface area contributed by atoms with Crippen LogP contribution in [-0.4, -0.2) is 7.11 Å². The lowest BCUT2D eigenvalue weighted by Gasteiger charge is -1.90. The molecule has 3 heteroatoms. The summed E-state index contributed by atoms with van der Waals surface area (Å²) in [6.07, 6.45) is 3.92. The minimum Gasteiger partial charge on any atom is -1.00 e. The quantitative estimate of drug-likeness (QED) is 0.438. The average Bonchev–Trinajstić information content (AvgIpc) is 1.91. The SMILES string of the molecule is COC[n+]1ccccc1.[Cl-]. The standard InChI is InChI=1S/C7H10NO.ClH/c1-9-7-8-5-3-2-4-6-8;/h2-6H,7H2,1H3;1H/q+1;/p-1. The highest BCUT2D eigenvalue weighted by Gasteiger charge is 1.90. The van der Waals surface area contributed by atoms with E-state index >= 15 is 0 Å². The van der Waals surface area contributed by atoms with Crippen LogP contribution in [0.25, 0.3) is 0 Å². The smallest absolute Gasteiger partial charge is 0.252 e. The van der Waals surface area contributed by atoms with Gasteiger partial charge in [-0.25, -0.2) is 0 Å². The molecule has 1 heterocycles. The highest BCUT2D eigenvalue weighted by atomic mass is 35.5. The molecular weight excluding hydrogens is 150 g/mol. The molecule has 0 amide bonds. The molecule has 56 valence electrons. The zero-order valence-corrected chi connectivity index (χ0v) is 6.58. The first-order valence-electron chi connectivity index (χ1n) is 2.86. The Balaban J connectivity index is 0.000000810. The van der Waals surface area contributed by atoms with E-state index in [2.05, 4.69) is 0 Å². The van der Waals surface area contributed by atoms with Crippen LogP contribution >= 0.6 is 0 Å². The first-order valence-corrected chi connectivity index (χ1v) is 2.86. The summed E-state index contributed by atoms with van der Waals surface area (Å²) < 4.78 is 6.85. The number of nitrogens with zero attached hydrogens (tertiary/aromatic N) is 1. The maximum atomic E-state index is 4.89. The van der Waals surface area contributed by atoms with Crippen molar-refractivity contribution in [3.05, 3.63) is 30.6 Å². The number of pyridine rings is 1. The topological polar surface area (TPSA) is 13.1 Å². The third kappa shape index (κ3) is 2.80. The number of hydrogen-bond acceptors (Lipinski definition) is 1. The predicted octanol–water partition coefficient (Wildman–Crippen LogP) is -2.42. The first-order chi connectivity index (χ1) is 4.43. The number of rotatable bonds is 2. The van der Waals surface area contributed by atoms with Crippen LogP contribution in [0, 0.1) is 0 Å². The second kappa shape index (κ2) is 5.21. The highest BCUT2D eigenvalue weighted by molar-refractivity contribution is 4.83. The molecule has 1 rings (SSSR count). The molecule has 0 aliphatic heterocycles. The lowest BCUT2D eigenvalue weighted by Crippen LogP contribution is -3.00. The summed E-state index contributed by atoms with van der Waals surface area (Å²) in [4.78, 5) is 0. The molecule has 0 fully saturated rings. The number of hydrogen-bond donors (Lipinski definition) is 0. The van der Waals surface area contributed by atoms with Gasteiger partial charge in [0.2, 0.25) is 0 Å². The predicted molar refractivity (Wildman–Crippen MR) is 33.6 cm³/mol. The molecule has 0 radical (unpaired) electrons. The molecule has 0 N–H and O–H groups in total. The van der Waals surface area contributed by atoms with Gasteiger partial charge in [-0.05, 0) is 0 Å². The summed E-state index contributed by atoms with van der Waals surface area (Å²) in [6, 6.07) is 5.92. The van der Waals surface area contributed by atoms with E-state index in [1.165, 1.54) is 0 Å². The first kappa shape index (κ1) is 9.40. The van der Waals surface area contributed by atoms with Gasteiger partial charge < -0.3 is 17.1 Å². The van der Waals surface area contributed by atoms with Crippen molar-refractivity contribution in [2.24, 2.45) is 0 Å². The summed E-state index contributed by atoms with van der Waals surface area (Å²) in [5.74, 6) is 0. The Morgan fingerprint density at radius 1 is 1.20 bits per heavy atom. The van der Waals surface area contributed by atoms with Crippen LogP contribution < -0.4 is 17.0 Å². The maximum Gasteiger partial charge on any atom is 0.252 e. The largest absolute Gasteiger partial charge is 1.00 e. The van der Waals surface area contributed by atoms with Gasteiger partial charge in [-0.2, -0.15) is 4.57 Å². The molecule has 0 spiro atoms. The lowest BCUT2D eigenvalue weighted by atomic mass is 10.5. The van der Waals surface area contributed by atoms with Gasteiger partial charge >= 0.3 is 0 Å². The van der Waals surface area contributed by atoms with Crippen LogP contribution in [-0.2, 0) is 11.5 Å². The number of ether oxygens (including phenoxy) is 1. The van der Waals surface area contributed by atoms with Crippen LogP contribution in [0.3, 0.4) is 0 Å². The molecule has 0 aliphatic rings. The van der Waals surface area contributed by atoms with Crippen LogP contribution in [0.5, 0.6) is 0 Å². The van der Waals surface area contributed by atoms with Gasteiger partial charge in [-0.3, -0.25) is 0 Å². The number of aromatic nitrogens is 1. The Morgan fingerprint density at radius 2 is 1.80 bits per heavy atom. The lowest BCUT2D eigenvalue weighted by molar-refractivity contribution is -0.731. The van der Waals surface area contributed by atoms with Crippen molar-refractivity contribution >= 4 is 0 Å². The molecule has 0 aliphatic carbocycles. The Kier molecular flexibility index (Phi) is 4.89. The molecular formula is C7H10ClNO. The van der Waals surface area contributed by atoms with E-state index < -0.39 is 0 Å². The minimum absolute atomic E-state index is 0. The summed E-state index contributed by atoms with van der Waals surface area (Å²) in [5, 5.41) is 0. The second-order valence-electron chi connectivity index (χ2n) is 1.81. The number of methoxy groups -OCH3 is 1. The third-order valence-corrected chi connectivity index (χ3v) is 1.06. The summed E-state index contributed by atoms with van der Waals surface area (Å²) in [7, 11) is 1.68. The van der Waals surface area contributed by atoms with E-state index in [-0.39, 0.29) is 12.4 Å². The molecule has 1 aromatic heterocycles. The van der Waals surface area contributed by atoms with Gasteiger partial charge in [0, 0.05) is 19.2 Å². The fraction of sp³-hybridized carbons (Fsp3) is 0.286. The molecule has 1 aromatic rings. The average molecular weight is 160 g/mol. The van der Waals surface area contributed by atoms with E-state index in [0.717, 1.165) is 0 Å². The monoisotopic (exact) mass is 159 g/mol. The van der Waals surface area contributed by atoms with Crippen LogP contribution in [0.2, 0.25) is 0 Å². The van der Waals surface area contributed by atoms with Crippen molar-refractivity contribution in [3.8, 4) is 0 Å². The molecule has 0 saturated carbocycles. The van der Waals surface area contributed by atoms with Crippen molar-refractivity contribution in [3.63, 3.8) is 0 Å². The molecule has 0 atom stereocenters. The highest BCUT2D eigenvalue weighted by Crippen LogP contribution is 1.75. The summed E-state index contributed by atoms with van der Waals surface area (Å²) in [6.45, 7) is 0.626. The number of halogens is 1. The molecule has 0 unspecified atom stereocenters. The van der Waals surface area contributed by atoms with Crippen molar-refractivity contribution in [2.75, 3.05) is 7.11 Å². The van der Waals surface area contributed by atoms with E-state index in [0.29, 0.717) is 6.73 Å². The zero-order valence-electron chi connectivity index (χ0n) is 5.83. The fourth-order valence-corrected chi connectivity index (χ4v) is 0.669. The Morgan fingerprint density at radius 3 is 2.30 bits per heavy atom. The van der Waals surface area contributed by atoms with E-state index in [9.17, 15) is 0 Å². The van der Waals surface area contributed by atoms with Crippen LogP contribution in [0.15, 0.2) is 30.6 Å². The molecule has 0 aromatic carbocycles. The van der Waals surface area contributed by atoms with Crippen LogP contribution in [0.1, 0.15) is 0 Å². The van der Waals surface area contributed by atoms with Gasteiger partial charge in [0.1, 0.15) is 0 Å². The Bertz CT molecular complexity index is 167. The minimum atomic E-state index is 0.